The third-order valence-corrected chi connectivity index (χ3v) is 2.30. The quantitative estimate of drug-likeness (QED) is 0.787. The van der Waals surface area contributed by atoms with Crippen LogP contribution in [-0.2, 0) is 13.5 Å². The van der Waals surface area contributed by atoms with E-state index in [0.29, 0.717) is 5.82 Å². The molecule has 14 heavy (non-hydrogen) atoms. The number of rotatable bonds is 2. The second-order valence-electron chi connectivity index (χ2n) is 3.17. The lowest BCUT2D eigenvalue weighted by Crippen LogP contribution is -1.98. The molecule has 4 heteroatoms. The number of nitrogen functional groups attached to an aromatic ring is 1. The van der Waals surface area contributed by atoms with E-state index in [9.17, 15) is 0 Å². The van der Waals surface area contributed by atoms with E-state index < -0.39 is 0 Å². The van der Waals surface area contributed by atoms with Gasteiger partial charge in [-0.3, -0.25) is 4.68 Å². The molecule has 0 aromatic carbocycles. The molecular weight excluding hydrogens is 178 g/mol. The normalized spacial score (nSPS) is 10.7. The van der Waals surface area contributed by atoms with Crippen molar-refractivity contribution < 1.29 is 4.42 Å². The van der Waals surface area contributed by atoms with Gasteiger partial charge < -0.3 is 10.2 Å². The monoisotopic (exact) mass is 191 g/mol. The Labute approximate surface area is 82.3 Å². The number of aromatic nitrogens is 2. The molecule has 0 aliphatic carbocycles. The molecule has 0 spiro atoms. The molecule has 2 rings (SSSR count). The summed E-state index contributed by atoms with van der Waals surface area (Å²) in [4.78, 5) is 0. The Hall–Kier alpha value is -1.71. The Balaban J connectivity index is 2.59. The summed E-state index contributed by atoms with van der Waals surface area (Å²) in [5.74, 6) is 1.48. The lowest BCUT2D eigenvalue weighted by molar-refractivity contribution is 0.577. The second-order valence-corrected chi connectivity index (χ2v) is 3.17. The number of nitrogens with two attached hydrogens (primary N) is 1. The van der Waals surface area contributed by atoms with E-state index in [4.69, 9.17) is 10.2 Å². The van der Waals surface area contributed by atoms with Gasteiger partial charge in [0.15, 0.2) is 5.76 Å². The van der Waals surface area contributed by atoms with Crippen LogP contribution in [0.4, 0.5) is 5.82 Å². The molecule has 0 radical (unpaired) electrons. The molecule has 0 atom stereocenters. The second kappa shape index (κ2) is 3.21. The molecule has 74 valence electrons. The van der Waals surface area contributed by atoms with E-state index in [1.165, 1.54) is 0 Å². The minimum Gasteiger partial charge on any atom is -0.463 e. The summed E-state index contributed by atoms with van der Waals surface area (Å²) in [6, 6.07) is 3.74. The van der Waals surface area contributed by atoms with Crippen molar-refractivity contribution >= 4 is 5.82 Å². The Morgan fingerprint density at radius 1 is 1.57 bits per heavy atom. The fourth-order valence-corrected chi connectivity index (χ4v) is 1.54. The zero-order chi connectivity index (χ0) is 10.1. The molecule has 2 N–H and O–H groups in total. The minimum atomic E-state index is 0.707. The molecule has 2 aromatic rings. The number of aryl methyl sites for hydroxylation is 1. The van der Waals surface area contributed by atoms with Crippen LogP contribution in [0.5, 0.6) is 0 Å². The number of hydrogen-bond acceptors (Lipinski definition) is 3. The van der Waals surface area contributed by atoms with Gasteiger partial charge in [0.25, 0.3) is 0 Å². The Morgan fingerprint density at radius 3 is 2.93 bits per heavy atom. The van der Waals surface area contributed by atoms with Gasteiger partial charge in [-0.25, -0.2) is 0 Å². The van der Waals surface area contributed by atoms with Crippen LogP contribution >= 0.6 is 0 Å². The van der Waals surface area contributed by atoms with Crippen LogP contribution < -0.4 is 5.73 Å². The van der Waals surface area contributed by atoms with Crippen molar-refractivity contribution in [2.45, 2.75) is 13.3 Å². The van der Waals surface area contributed by atoms with Gasteiger partial charge in [-0.15, -0.1) is 0 Å². The van der Waals surface area contributed by atoms with Gasteiger partial charge in [-0.1, -0.05) is 6.92 Å². The highest BCUT2D eigenvalue weighted by molar-refractivity contribution is 5.64. The fraction of sp³-hybridized carbons (Fsp3) is 0.300. The number of furan rings is 1. The van der Waals surface area contributed by atoms with Crippen LogP contribution in [0.2, 0.25) is 0 Å². The topological polar surface area (TPSA) is 57.0 Å². The van der Waals surface area contributed by atoms with E-state index in [-0.39, 0.29) is 0 Å². The molecule has 0 saturated heterocycles. The van der Waals surface area contributed by atoms with Crippen LogP contribution in [0.15, 0.2) is 22.8 Å². The number of nitrogens with zero attached hydrogens (tertiary/aromatic N) is 2. The smallest absolute Gasteiger partial charge is 0.154 e. The van der Waals surface area contributed by atoms with E-state index in [2.05, 4.69) is 12.0 Å². The van der Waals surface area contributed by atoms with E-state index in [0.717, 1.165) is 23.4 Å². The van der Waals surface area contributed by atoms with Crippen LogP contribution in [0.3, 0.4) is 0 Å². The largest absolute Gasteiger partial charge is 0.463 e. The summed E-state index contributed by atoms with van der Waals surface area (Å²) in [5.41, 5.74) is 7.77. The van der Waals surface area contributed by atoms with Crippen LogP contribution in [0, 0.1) is 0 Å². The molecule has 0 saturated carbocycles. The predicted octanol–water partition coefficient (Wildman–Crippen LogP) is 1.82. The fourth-order valence-electron chi connectivity index (χ4n) is 1.54. The van der Waals surface area contributed by atoms with E-state index >= 15 is 0 Å². The van der Waals surface area contributed by atoms with Crippen molar-refractivity contribution in [3.8, 4) is 11.5 Å². The Morgan fingerprint density at radius 2 is 2.36 bits per heavy atom. The highest BCUT2D eigenvalue weighted by Crippen LogP contribution is 2.27. The third-order valence-electron chi connectivity index (χ3n) is 2.30. The maximum absolute atomic E-state index is 5.88. The van der Waals surface area contributed by atoms with Crippen molar-refractivity contribution in [3.63, 3.8) is 0 Å². The van der Waals surface area contributed by atoms with Gasteiger partial charge in [0.1, 0.15) is 11.5 Å². The summed E-state index contributed by atoms with van der Waals surface area (Å²) in [6.45, 7) is 2.06. The maximum atomic E-state index is 5.88. The van der Waals surface area contributed by atoms with Gasteiger partial charge in [-0.05, 0) is 18.6 Å². The van der Waals surface area contributed by atoms with Crippen molar-refractivity contribution in [2.24, 2.45) is 7.05 Å². The van der Waals surface area contributed by atoms with Gasteiger partial charge in [0.2, 0.25) is 0 Å². The molecule has 0 bridgehead atoms. The Kier molecular flexibility index (Phi) is 2.04. The lowest BCUT2D eigenvalue weighted by atomic mass is 10.1. The Bertz CT molecular complexity index is 428. The molecule has 2 aromatic heterocycles. The molecule has 0 fully saturated rings. The lowest BCUT2D eigenvalue weighted by Gasteiger charge is -1.96. The van der Waals surface area contributed by atoms with Crippen molar-refractivity contribution in [1.29, 1.82) is 0 Å². The third kappa shape index (κ3) is 1.19. The molecule has 4 nitrogen and oxygen atoms in total. The van der Waals surface area contributed by atoms with Crippen molar-refractivity contribution in [2.75, 3.05) is 5.73 Å². The molecule has 0 unspecified atom stereocenters. The van der Waals surface area contributed by atoms with E-state index in [1.807, 2.05) is 19.2 Å². The first kappa shape index (κ1) is 8.87. The summed E-state index contributed by atoms with van der Waals surface area (Å²) >= 11 is 0. The SMILES string of the molecule is CCc1c(-c2ccco2)nn(C)c1N. The standard InChI is InChI=1S/C10H13N3O/c1-3-7-9(8-5-4-6-14-8)12-13(2)10(7)11/h4-6H,3,11H2,1-2H3. The van der Waals surface area contributed by atoms with Gasteiger partial charge >= 0.3 is 0 Å². The zero-order valence-electron chi connectivity index (χ0n) is 8.32. The first-order valence-electron chi connectivity index (χ1n) is 4.59. The molecule has 0 aliphatic heterocycles. The van der Waals surface area contributed by atoms with Gasteiger partial charge in [-0.2, -0.15) is 5.10 Å². The summed E-state index contributed by atoms with van der Waals surface area (Å²) in [5, 5.41) is 4.32. The predicted molar refractivity (Wildman–Crippen MR) is 54.7 cm³/mol. The molecule has 0 amide bonds. The highest BCUT2D eigenvalue weighted by atomic mass is 16.3. The van der Waals surface area contributed by atoms with Gasteiger partial charge in [0, 0.05) is 12.6 Å². The minimum absolute atomic E-state index is 0.707. The first-order chi connectivity index (χ1) is 6.74. The van der Waals surface area contributed by atoms with E-state index in [1.54, 1.807) is 10.9 Å². The van der Waals surface area contributed by atoms with Crippen LogP contribution in [0.1, 0.15) is 12.5 Å². The van der Waals surface area contributed by atoms with Crippen LogP contribution in [0.25, 0.3) is 11.5 Å². The number of anilines is 1. The van der Waals surface area contributed by atoms with Gasteiger partial charge in [0.05, 0.1) is 6.26 Å². The van der Waals surface area contributed by atoms with Crippen molar-refractivity contribution in [1.82, 2.24) is 9.78 Å². The molecular formula is C10H13N3O. The molecule has 0 aliphatic rings. The summed E-state index contributed by atoms with van der Waals surface area (Å²) in [7, 11) is 1.83. The number of hydrogen-bond donors (Lipinski definition) is 1. The average molecular weight is 191 g/mol. The summed E-state index contributed by atoms with van der Waals surface area (Å²) < 4.78 is 6.98. The first-order valence-corrected chi connectivity index (χ1v) is 4.59. The van der Waals surface area contributed by atoms with Crippen LogP contribution in [-0.4, -0.2) is 9.78 Å². The van der Waals surface area contributed by atoms with Crippen molar-refractivity contribution in [3.05, 3.63) is 24.0 Å². The zero-order valence-corrected chi connectivity index (χ0v) is 8.32. The maximum Gasteiger partial charge on any atom is 0.154 e. The summed E-state index contributed by atoms with van der Waals surface area (Å²) in [6.07, 6.45) is 2.50. The molecule has 2 heterocycles. The average Bonchev–Trinajstić information content (AvgIpc) is 2.76. The highest BCUT2D eigenvalue weighted by Gasteiger charge is 2.15.